The van der Waals surface area contributed by atoms with Gasteiger partial charge in [0.1, 0.15) is 11.5 Å². The third-order valence-electron chi connectivity index (χ3n) is 5.44. The highest BCUT2D eigenvalue weighted by Crippen LogP contribution is 2.40. The third kappa shape index (κ3) is 3.88. The molecule has 0 saturated heterocycles. The lowest BCUT2D eigenvalue weighted by Crippen LogP contribution is -2.04. The molecule has 2 N–H and O–H groups in total. The zero-order valence-corrected chi connectivity index (χ0v) is 16.4. The van der Waals surface area contributed by atoms with Gasteiger partial charge in [-0.05, 0) is 64.1 Å². The highest BCUT2D eigenvalue weighted by Gasteiger charge is 2.19. The summed E-state index contributed by atoms with van der Waals surface area (Å²) >= 11 is 0. The van der Waals surface area contributed by atoms with Crippen molar-refractivity contribution in [2.75, 3.05) is 0 Å². The molecule has 0 radical (unpaired) electrons. The second-order valence-electron chi connectivity index (χ2n) is 7.23. The summed E-state index contributed by atoms with van der Waals surface area (Å²) in [7, 11) is 0. The fourth-order valence-corrected chi connectivity index (χ4v) is 4.02. The number of aromatic hydroxyl groups is 2. The van der Waals surface area contributed by atoms with Crippen LogP contribution in [0.2, 0.25) is 0 Å². The molecule has 0 fully saturated rings. The van der Waals surface area contributed by atoms with Gasteiger partial charge in [-0.25, -0.2) is 0 Å². The molecule has 0 aromatic heterocycles. The van der Waals surface area contributed by atoms with E-state index in [0.717, 1.165) is 17.5 Å². The van der Waals surface area contributed by atoms with Gasteiger partial charge in [-0.2, -0.15) is 0 Å². The van der Waals surface area contributed by atoms with Crippen LogP contribution in [0, 0.1) is 0 Å². The fraction of sp³-hybridized carbons (Fsp3) is 0.111. The predicted octanol–water partition coefficient (Wildman–Crippen LogP) is 6.97. The molecule has 0 spiro atoms. The molecule has 2 nitrogen and oxygen atoms in total. The summed E-state index contributed by atoms with van der Waals surface area (Å²) in [5.41, 5.74) is 7.09. The fourth-order valence-electron chi connectivity index (χ4n) is 4.02. The molecule has 0 amide bonds. The molecule has 0 heterocycles. The van der Waals surface area contributed by atoms with Crippen molar-refractivity contribution in [1.29, 1.82) is 0 Å². The number of phenolic OH excluding ortho intramolecular Hbond substituents is 2. The molecular formula is C27H24O2. The Bertz CT molecular complexity index is 1010. The Labute approximate surface area is 171 Å². The van der Waals surface area contributed by atoms with E-state index in [1.165, 1.54) is 22.3 Å². The summed E-state index contributed by atoms with van der Waals surface area (Å²) in [6.07, 6.45) is 0.962. The average molecular weight is 380 g/mol. The van der Waals surface area contributed by atoms with Crippen molar-refractivity contribution in [2.45, 2.75) is 19.3 Å². The molecule has 0 aliphatic heterocycles. The van der Waals surface area contributed by atoms with E-state index < -0.39 is 0 Å². The van der Waals surface area contributed by atoms with Crippen LogP contribution in [0.15, 0.2) is 97.1 Å². The first-order valence-electron chi connectivity index (χ1n) is 9.94. The Balaban J connectivity index is 1.84. The van der Waals surface area contributed by atoms with Gasteiger partial charge >= 0.3 is 0 Å². The molecule has 0 atom stereocenters. The van der Waals surface area contributed by atoms with E-state index in [9.17, 15) is 10.2 Å². The van der Waals surface area contributed by atoms with Gasteiger partial charge in [-0.15, -0.1) is 0 Å². The molecule has 2 heteroatoms. The van der Waals surface area contributed by atoms with Crippen molar-refractivity contribution in [3.8, 4) is 33.8 Å². The predicted molar refractivity (Wildman–Crippen MR) is 119 cm³/mol. The van der Waals surface area contributed by atoms with E-state index in [2.05, 4.69) is 55.5 Å². The van der Waals surface area contributed by atoms with Gasteiger partial charge in [0.2, 0.25) is 0 Å². The van der Waals surface area contributed by atoms with Crippen molar-refractivity contribution in [1.82, 2.24) is 0 Å². The summed E-state index contributed by atoms with van der Waals surface area (Å²) < 4.78 is 0. The van der Waals surface area contributed by atoms with E-state index in [1.54, 1.807) is 24.3 Å². The van der Waals surface area contributed by atoms with Crippen LogP contribution < -0.4 is 0 Å². The topological polar surface area (TPSA) is 40.5 Å². The molecule has 4 aromatic rings. The summed E-state index contributed by atoms with van der Waals surface area (Å²) in [5, 5.41) is 19.3. The second-order valence-corrected chi connectivity index (χ2v) is 7.23. The minimum absolute atomic E-state index is 0.227. The van der Waals surface area contributed by atoms with Gasteiger partial charge in [0.05, 0.1) is 0 Å². The van der Waals surface area contributed by atoms with Crippen molar-refractivity contribution >= 4 is 0 Å². The molecule has 0 aliphatic carbocycles. The molecule has 0 unspecified atom stereocenters. The van der Waals surface area contributed by atoms with Crippen LogP contribution in [0.1, 0.15) is 30.4 Å². The lowest BCUT2D eigenvalue weighted by atomic mass is 9.81. The summed E-state index contributed by atoms with van der Waals surface area (Å²) in [4.78, 5) is 0. The summed E-state index contributed by atoms with van der Waals surface area (Å²) in [6, 6.07) is 31.8. The minimum Gasteiger partial charge on any atom is -0.508 e. The van der Waals surface area contributed by atoms with Gasteiger partial charge < -0.3 is 10.2 Å². The molecule has 0 bridgehead atoms. The Morgan fingerprint density at radius 2 is 0.931 bits per heavy atom. The van der Waals surface area contributed by atoms with E-state index in [4.69, 9.17) is 0 Å². The van der Waals surface area contributed by atoms with Crippen LogP contribution in [0.25, 0.3) is 22.3 Å². The molecule has 0 aliphatic rings. The maximum atomic E-state index is 9.67. The molecule has 4 aromatic carbocycles. The van der Waals surface area contributed by atoms with Crippen LogP contribution >= 0.6 is 0 Å². The lowest BCUT2D eigenvalue weighted by Gasteiger charge is -2.23. The average Bonchev–Trinajstić information content (AvgIpc) is 2.76. The van der Waals surface area contributed by atoms with Crippen LogP contribution in [0.4, 0.5) is 0 Å². The molecular weight excluding hydrogens is 356 g/mol. The maximum absolute atomic E-state index is 9.67. The van der Waals surface area contributed by atoms with E-state index in [1.807, 2.05) is 24.3 Å². The van der Waals surface area contributed by atoms with E-state index >= 15 is 0 Å². The van der Waals surface area contributed by atoms with Crippen LogP contribution in [-0.4, -0.2) is 10.2 Å². The van der Waals surface area contributed by atoms with Crippen molar-refractivity contribution in [3.05, 3.63) is 108 Å². The Kier molecular flexibility index (Phi) is 5.35. The SMILES string of the molecule is CCC(c1ccccc1-c1ccc(O)cc1)c1ccccc1-c1ccc(O)cc1. The first-order valence-corrected chi connectivity index (χ1v) is 9.94. The molecule has 144 valence electrons. The van der Waals surface area contributed by atoms with Crippen LogP contribution in [-0.2, 0) is 0 Å². The number of hydrogen-bond acceptors (Lipinski definition) is 2. The highest BCUT2D eigenvalue weighted by atomic mass is 16.3. The van der Waals surface area contributed by atoms with Gasteiger partial charge in [-0.1, -0.05) is 79.7 Å². The van der Waals surface area contributed by atoms with Gasteiger partial charge in [-0.3, -0.25) is 0 Å². The Morgan fingerprint density at radius 1 is 0.552 bits per heavy atom. The summed E-state index contributed by atoms with van der Waals surface area (Å²) in [6.45, 7) is 2.21. The molecule has 29 heavy (non-hydrogen) atoms. The largest absolute Gasteiger partial charge is 0.508 e. The van der Waals surface area contributed by atoms with Crippen molar-refractivity contribution < 1.29 is 10.2 Å². The van der Waals surface area contributed by atoms with Crippen molar-refractivity contribution in [3.63, 3.8) is 0 Å². The smallest absolute Gasteiger partial charge is 0.115 e. The van der Waals surface area contributed by atoms with E-state index in [0.29, 0.717) is 0 Å². The van der Waals surface area contributed by atoms with Crippen molar-refractivity contribution in [2.24, 2.45) is 0 Å². The number of phenols is 2. The molecule has 0 saturated carbocycles. The summed E-state index contributed by atoms with van der Waals surface area (Å²) in [5.74, 6) is 0.775. The number of rotatable bonds is 5. The third-order valence-corrected chi connectivity index (χ3v) is 5.44. The Hall–Kier alpha value is -3.52. The zero-order chi connectivity index (χ0) is 20.2. The second kappa shape index (κ2) is 8.24. The van der Waals surface area contributed by atoms with Gasteiger partial charge in [0.25, 0.3) is 0 Å². The first-order chi connectivity index (χ1) is 14.2. The number of hydrogen-bond donors (Lipinski definition) is 2. The van der Waals surface area contributed by atoms with Gasteiger partial charge in [0.15, 0.2) is 0 Å². The lowest BCUT2D eigenvalue weighted by molar-refractivity contribution is 0.475. The maximum Gasteiger partial charge on any atom is 0.115 e. The van der Waals surface area contributed by atoms with Gasteiger partial charge in [0, 0.05) is 5.92 Å². The normalized spacial score (nSPS) is 11.0. The highest BCUT2D eigenvalue weighted by molar-refractivity contribution is 5.73. The quantitative estimate of drug-likeness (QED) is 0.392. The Morgan fingerprint density at radius 3 is 1.31 bits per heavy atom. The standard InChI is InChI=1S/C27H24O2/c1-2-23(26-9-5-3-7-24(26)19-11-15-21(28)16-12-19)27-10-6-4-8-25(27)20-13-17-22(29)18-14-20/h3-18,23,28-29H,2H2,1H3. The molecule has 4 rings (SSSR count). The first kappa shape index (κ1) is 18.8. The van der Waals surface area contributed by atoms with Crippen LogP contribution in [0.3, 0.4) is 0 Å². The zero-order valence-electron chi connectivity index (χ0n) is 16.4. The minimum atomic E-state index is 0.227. The number of benzene rings is 4. The van der Waals surface area contributed by atoms with E-state index in [-0.39, 0.29) is 17.4 Å². The monoisotopic (exact) mass is 380 g/mol. The van der Waals surface area contributed by atoms with Crippen LogP contribution in [0.5, 0.6) is 11.5 Å².